The number of likely N-dealkylation sites (tertiary alicyclic amines) is 1. The highest BCUT2D eigenvalue weighted by Gasteiger charge is 2.52. The van der Waals surface area contributed by atoms with Crippen LogP contribution in [0.1, 0.15) is 56.7 Å². The predicted octanol–water partition coefficient (Wildman–Crippen LogP) is 0.0308. The van der Waals surface area contributed by atoms with E-state index in [1.165, 1.54) is 10.6 Å². The first-order chi connectivity index (χ1) is 13.0. The lowest BCUT2D eigenvalue weighted by Gasteiger charge is -2.30. The molecule has 3 aliphatic rings. The van der Waals surface area contributed by atoms with E-state index in [0.29, 0.717) is 12.8 Å². The number of carbonyl (C=O) groups excluding carboxylic acids is 3. The molecule has 2 aliphatic heterocycles. The first kappa shape index (κ1) is 18.0. The molecule has 1 aromatic rings. The summed E-state index contributed by atoms with van der Waals surface area (Å²) >= 11 is 0. The quantitative estimate of drug-likeness (QED) is 0.650. The number of hydrogen-bond acceptors (Lipinski definition) is 3. The molecule has 3 N–H and O–H groups in total. The molecular weight excluding hydrogens is 346 g/mol. The highest BCUT2D eigenvalue weighted by molar-refractivity contribution is 6.08. The summed E-state index contributed by atoms with van der Waals surface area (Å²) in [6.07, 6.45) is 8.33. The van der Waals surface area contributed by atoms with E-state index in [-0.39, 0.29) is 24.4 Å². The first-order valence-electron chi connectivity index (χ1n) is 9.92. The van der Waals surface area contributed by atoms with Crippen molar-refractivity contribution in [3.63, 3.8) is 0 Å². The summed E-state index contributed by atoms with van der Waals surface area (Å²) in [5.41, 5.74) is 2.97. The van der Waals surface area contributed by atoms with Gasteiger partial charge in [-0.15, -0.1) is 0 Å². The number of aryl methyl sites for hydroxylation is 1. The third-order valence-corrected chi connectivity index (χ3v) is 6.32. The number of urea groups is 1. The van der Waals surface area contributed by atoms with E-state index in [1.54, 1.807) is 0 Å². The van der Waals surface area contributed by atoms with Crippen LogP contribution in [0.25, 0.3) is 0 Å². The molecule has 0 aromatic carbocycles. The maximum atomic E-state index is 12.8. The van der Waals surface area contributed by atoms with E-state index in [0.717, 1.165) is 43.7 Å². The second-order valence-corrected chi connectivity index (χ2v) is 8.07. The molecule has 1 saturated carbocycles. The maximum absolute atomic E-state index is 12.8. The zero-order valence-corrected chi connectivity index (χ0v) is 15.8. The van der Waals surface area contributed by atoms with Gasteiger partial charge in [-0.2, -0.15) is 5.01 Å². The van der Waals surface area contributed by atoms with Crippen LogP contribution >= 0.6 is 0 Å². The molecular formula is C19H28N5O3+. The Morgan fingerprint density at radius 2 is 2.07 bits per heavy atom. The molecule has 1 spiro atoms. The molecule has 1 aliphatic carbocycles. The highest BCUT2D eigenvalue weighted by Crippen LogP contribution is 2.32. The second-order valence-electron chi connectivity index (χ2n) is 8.07. The number of hydrogen-bond donors (Lipinski definition) is 3. The van der Waals surface area contributed by atoms with Crippen LogP contribution in [0, 0.1) is 0 Å². The fraction of sp³-hybridized carbons (Fsp3) is 0.632. The van der Waals surface area contributed by atoms with Crippen LogP contribution in [0.4, 0.5) is 4.79 Å². The zero-order valence-electron chi connectivity index (χ0n) is 15.8. The Kier molecular flexibility index (Phi) is 4.67. The first-order valence-corrected chi connectivity index (χ1v) is 9.92. The van der Waals surface area contributed by atoms with Crippen molar-refractivity contribution in [2.24, 2.45) is 7.05 Å². The Morgan fingerprint density at radius 1 is 1.30 bits per heavy atom. The molecule has 4 rings (SSSR count). The molecule has 2 saturated heterocycles. The van der Waals surface area contributed by atoms with Crippen LogP contribution in [0.5, 0.6) is 0 Å². The van der Waals surface area contributed by atoms with Crippen molar-refractivity contribution in [1.29, 1.82) is 0 Å². The fourth-order valence-corrected chi connectivity index (χ4v) is 4.90. The number of nitrogens with one attached hydrogen (secondary N) is 3. The van der Waals surface area contributed by atoms with Crippen LogP contribution in [0.3, 0.4) is 0 Å². The van der Waals surface area contributed by atoms with Crippen LogP contribution in [0.2, 0.25) is 0 Å². The molecule has 27 heavy (non-hydrogen) atoms. The Labute approximate surface area is 158 Å². The minimum Gasteiger partial charge on any atom is -0.350 e. The van der Waals surface area contributed by atoms with Gasteiger partial charge in [-0.05, 0) is 25.0 Å². The van der Waals surface area contributed by atoms with Crippen LogP contribution < -0.4 is 15.6 Å². The smallest absolute Gasteiger partial charge is 0.344 e. The van der Waals surface area contributed by atoms with Crippen molar-refractivity contribution in [3.8, 4) is 0 Å². The average Bonchev–Trinajstić information content (AvgIpc) is 3.32. The van der Waals surface area contributed by atoms with Crippen molar-refractivity contribution in [1.82, 2.24) is 20.3 Å². The van der Waals surface area contributed by atoms with Gasteiger partial charge in [0.2, 0.25) is 0 Å². The van der Waals surface area contributed by atoms with Crippen LogP contribution in [0.15, 0.2) is 18.3 Å². The molecule has 3 fully saturated rings. The van der Waals surface area contributed by atoms with Gasteiger partial charge < -0.3 is 14.8 Å². The Hall–Kier alpha value is -2.35. The molecule has 0 radical (unpaired) electrons. The monoisotopic (exact) mass is 374 g/mol. The Balaban J connectivity index is 1.40. The van der Waals surface area contributed by atoms with Crippen molar-refractivity contribution in [3.05, 3.63) is 24.0 Å². The number of carbonyl (C=O) groups is 3. The van der Waals surface area contributed by atoms with Gasteiger partial charge in [0.05, 0.1) is 12.2 Å². The topological polar surface area (TPSA) is 87.9 Å². The van der Waals surface area contributed by atoms with Gasteiger partial charge in [-0.25, -0.2) is 4.79 Å². The molecule has 4 amide bonds. The SMILES string of the molecule is Cn1cccc1[C@@H]1CCC[NH+]1CC(=O)NN1C(=O)NC2(CCCCC2)C1=O. The summed E-state index contributed by atoms with van der Waals surface area (Å²) in [6.45, 7) is 1.16. The molecule has 1 aromatic heterocycles. The second kappa shape index (κ2) is 6.99. The number of amides is 4. The highest BCUT2D eigenvalue weighted by atomic mass is 16.2. The fourth-order valence-electron chi connectivity index (χ4n) is 4.90. The van der Waals surface area contributed by atoms with Crippen molar-refractivity contribution < 1.29 is 19.3 Å². The summed E-state index contributed by atoms with van der Waals surface area (Å²) in [7, 11) is 2.02. The summed E-state index contributed by atoms with van der Waals surface area (Å²) in [5.74, 6) is -0.599. The lowest BCUT2D eigenvalue weighted by atomic mass is 9.82. The van der Waals surface area contributed by atoms with Gasteiger partial charge in [-0.1, -0.05) is 19.3 Å². The molecule has 1 unspecified atom stereocenters. The van der Waals surface area contributed by atoms with Crippen molar-refractivity contribution in [2.45, 2.75) is 56.5 Å². The van der Waals surface area contributed by atoms with Crippen molar-refractivity contribution >= 4 is 17.8 Å². The molecule has 3 heterocycles. The number of aromatic nitrogens is 1. The van der Waals surface area contributed by atoms with E-state index >= 15 is 0 Å². The van der Waals surface area contributed by atoms with Gasteiger partial charge in [0, 0.05) is 26.1 Å². The third kappa shape index (κ3) is 3.22. The molecule has 8 nitrogen and oxygen atoms in total. The standard InChI is InChI=1S/C19H27N5O3/c1-22-11-5-7-14(22)15-8-6-12-23(15)13-16(25)21-24-17(26)19(20-18(24)27)9-3-2-4-10-19/h5,7,11,15H,2-4,6,8-10,12-13H2,1H3,(H,20,27)(H,21,25)/p+1/t15-/m0/s1. The normalized spacial score (nSPS) is 27.2. The summed E-state index contributed by atoms with van der Waals surface area (Å²) in [5, 5.41) is 3.72. The van der Waals surface area contributed by atoms with Crippen molar-refractivity contribution in [2.75, 3.05) is 13.1 Å². The molecule has 0 bridgehead atoms. The van der Waals surface area contributed by atoms with Crippen LogP contribution in [-0.2, 0) is 16.6 Å². The minimum absolute atomic E-state index is 0.250. The summed E-state index contributed by atoms with van der Waals surface area (Å²) in [6, 6.07) is 3.87. The van der Waals surface area contributed by atoms with Gasteiger partial charge >= 0.3 is 6.03 Å². The molecule has 8 heteroatoms. The maximum Gasteiger partial charge on any atom is 0.344 e. The van der Waals surface area contributed by atoms with Crippen LogP contribution in [-0.4, -0.2) is 46.0 Å². The number of imide groups is 1. The number of rotatable bonds is 4. The van der Waals surface area contributed by atoms with Gasteiger partial charge in [0.1, 0.15) is 11.6 Å². The number of quaternary nitrogens is 1. The van der Waals surface area contributed by atoms with E-state index < -0.39 is 11.6 Å². The Bertz CT molecular complexity index is 752. The summed E-state index contributed by atoms with van der Waals surface area (Å²) in [4.78, 5) is 38.9. The summed E-state index contributed by atoms with van der Waals surface area (Å²) < 4.78 is 2.10. The minimum atomic E-state index is -0.811. The van der Waals surface area contributed by atoms with E-state index in [9.17, 15) is 14.4 Å². The van der Waals surface area contributed by atoms with E-state index in [1.807, 2.05) is 19.3 Å². The lowest BCUT2D eigenvalue weighted by Crippen LogP contribution is -3.11. The molecule has 146 valence electrons. The largest absolute Gasteiger partial charge is 0.350 e. The van der Waals surface area contributed by atoms with Gasteiger partial charge in [-0.3, -0.25) is 15.0 Å². The van der Waals surface area contributed by atoms with Gasteiger partial charge in [0.15, 0.2) is 6.54 Å². The zero-order chi connectivity index (χ0) is 19.0. The predicted molar refractivity (Wildman–Crippen MR) is 97.4 cm³/mol. The molecule has 2 atom stereocenters. The Morgan fingerprint density at radius 3 is 2.78 bits per heavy atom. The lowest BCUT2D eigenvalue weighted by molar-refractivity contribution is -0.911. The van der Waals surface area contributed by atoms with E-state index in [2.05, 4.69) is 21.4 Å². The van der Waals surface area contributed by atoms with E-state index in [4.69, 9.17) is 0 Å². The average molecular weight is 374 g/mol. The van der Waals surface area contributed by atoms with Gasteiger partial charge in [0.25, 0.3) is 11.8 Å². The number of nitrogens with zero attached hydrogens (tertiary/aromatic N) is 2. The number of hydrazine groups is 1. The third-order valence-electron chi connectivity index (χ3n) is 6.32.